The number of methoxy groups -OCH3 is 2. The summed E-state index contributed by atoms with van der Waals surface area (Å²) in [7, 11) is 3.19. The van der Waals surface area contributed by atoms with E-state index in [1.165, 1.54) is 0 Å². The Bertz CT molecular complexity index is 689. The van der Waals surface area contributed by atoms with E-state index in [1.54, 1.807) is 20.4 Å². The molecule has 6 heteroatoms. The fraction of sp³-hybridized carbons (Fsp3) is 0.333. The van der Waals surface area contributed by atoms with Crippen LogP contribution in [0, 0.1) is 6.92 Å². The summed E-state index contributed by atoms with van der Waals surface area (Å²) in [5.74, 6) is 1.12. The minimum absolute atomic E-state index is 0.213. The Morgan fingerprint density at radius 3 is 2.67 bits per heavy atom. The fourth-order valence-electron chi connectivity index (χ4n) is 2.46. The second kappa shape index (κ2) is 8.31. The highest BCUT2D eigenvalue weighted by atomic mass is 16.5. The van der Waals surface area contributed by atoms with Crippen LogP contribution in [0.2, 0.25) is 0 Å². The van der Waals surface area contributed by atoms with E-state index in [1.807, 2.05) is 37.3 Å². The van der Waals surface area contributed by atoms with Crippen molar-refractivity contribution in [3.05, 3.63) is 53.3 Å². The van der Waals surface area contributed by atoms with E-state index in [4.69, 9.17) is 15.2 Å². The molecule has 0 saturated carbocycles. The maximum Gasteiger partial charge on any atom is 0.237 e. The molecule has 0 bridgehead atoms. The van der Waals surface area contributed by atoms with Crippen molar-refractivity contribution >= 4 is 5.91 Å². The monoisotopic (exact) mass is 329 g/mol. The highest BCUT2D eigenvalue weighted by molar-refractivity contribution is 5.81. The molecule has 1 aromatic carbocycles. The average molecular weight is 329 g/mol. The smallest absolute Gasteiger partial charge is 0.237 e. The summed E-state index contributed by atoms with van der Waals surface area (Å²) >= 11 is 0. The van der Waals surface area contributed by atoms with E-state index in [-0.39, 0.29) is 5.91 Å². The van der Waals surface area contributed by atoms with Crippen molar-refractivity contribution in [3.63, 3.8) is 0 Å². The van der Waals surface area contributed by atoms with Crippen LogP contribution in [-0.2, 0) is 17.8 Å². The van der Waals surface area contributed by atoms with E-state index < -0.39 is 6.04 Å². The number of benzene rings is 1. The van der Waals surface area contributed by atoms with Crippen LogP contribution in [0.25, 0.3) is 0 Å². The van der Waals surface area contributed by atoms with Gasteiger partial charge in [0.15, 0.2) is 11.5 Å². The molecule has 0 unspecified atom stereocenters. The van der Waals surface area contributed by atoms with E-state index >= 15 is 0 Å². The largest absolute Gasteiger partial charge is 0.493 e. The van der Waals surface area contributed by atoms with Gasteiger partial charge in [-0.1, -0.05) is 12.1 Å². The van der Waals surface area contributed by atoms with Gasteiger partial charge >= 0.3 is 0 Å². The standard InChI is InChI=1S/C18H23N3O3/c1-12-13(7-8-16(23-2)17(12)24-3)11-21-18(22)15(19)10-14-6-4-5-9-20-14/h4-9,15H,10-11,19H2,1-3H3,(H,21,22)/t15-/m1/s1. The van der Waals surface area contributed by atoms with Crippen molar-refractivity contribution < 1.29 is 14.3 Å². The van der Waals surface area contributed by atoms with Crippen molar-refractivity contribution in [2.75, 3.05) is 14.2 Å². The molecule has 0 fully saturated rings. The second-order valence-electron chi connectivity index (χ2n) is 5.43. The Kier molecular flexibility index (Phi) is 6.14. The number of nitrogens with two attached hydrogens (primary N) is 1. The molecule has 0 saturated heterocycles. The van der Waals surface area contributed by atoms with Crippen LogP contribution < -0.4 is 20.5 Å². The molecule has 1 amide bonds. The van der Waals surface area contributed by atoms with E-state index in [9.17, 15) is 4.79 Å². The van der Waals surface area contributed by atoms with Crippen LogP contribution in [-0.4, -0.2) is 31.2 Å². The molecule has 0 spiro atoms. The number of ether oxygens (including phenoxy) is 2. The Labute approximate surface area is 142 Å². The number of carbonyl (C=O) groups is 1. The van der Waals surface area contributed by atoms with Crippen LogP contribution in [0.1, 0.15) is 16.8 Å². The van der Waals surface area contributed by atoms with Gasteiger partial charge in [-0.2, -0.15) is 0 Å². The number of hydrogen-bond acceptors (Lipinski definition) is 5. The summed E-state index contributed by atoms with van der Waals surface area (Å²) in [6.07, 6.45) is 2.09. The average Bonchev–Trinajstić information content (AvgIpc) is 2.60. The van der Waals surface area contributed by atoms with Crippen LogP contribution in [0.15, 0.2) is 36.5 Å². The first-order chi connectivity index (χ1) is 11.6. The zero-order valence-electron chi connectivity index (χ0n) is 14.2. The second-order valence-corrected chi connectivity index (χ2v) is 5.43. The first-order valence-corrected chi connectivity index (χ1v) is 7.70. The Morgan fingerprint density at radius 2 is 2.04 bits per heavy atom. The molecule has 24 heavy (non-hydrogen) atoms. The molecule has 0 radical (unpaired) electrons. The molecule has 2 aromatic rings. The highest BCUT2D eigenvalue weighted by Crippen LogP contribution is 2.32. The van der Waals surface area contributed by atoms with Crippen molar-refractivity contribution in [1.29, 1.82) is 0 Å². The Hall–Kier alpha value is -2.60. The van der Waals surface area contributed by atoms with Crippen molar-refractivity contribution in [2.45, 2.75) is 25.9 Å². The lowest BCUT2D eigenvalue weighted by Gasteiger charge is -2.16. The van der Waals surface area contributed by atoms with Gasteiger partial charge in [0, 0.05) is 24.9 Å². The normalized spacial score (nSPS) is 11.7. The summed E-state index contributed by atoms with van der Waals surface area (Å²) in [5, 5.41) is 2.86. The third-order valence-corrected chi connectivity index (χ3v) is 3.85. The van der Waals surface area contributed by atoms with Crippen LogP contribution in [0.3, 0.4) is 0 Å². The number of carbonyl (C=O) groups excluding carboxylic acids is 1. The molecule has 0 aliphatic carbocycles. The zero-order valence-corrected chi connectivity index (χ0v) is 14.2. The van der Waals surface area contributed by atoms with Crippen LogP contribution in [0.5, 0.6) is 11.5 Å². The lowest BCUT2D eigenvalue weighted by atomic mass is 10.1. The Balaban J connectivity index is 1.98. The molecule has 6 nitrogen and oxygen atoms in total. The molecular weight excluding hydrogens is 306 g/mol. The number of aromatic nitrogens is 1. The summed E-state index contributed by atoms with van der Waals surface area (Å²) in [6.45, 7) is 2.30. The Morgan fingerprint density at radius 1 is 1.25 bits per heavy atom. The maximum atomic E-state index is 12.2. The number of nitrogens with one attached hydrogen (secondary N) is 1. The minimum Gasteiger partial charge on any atom is -0.493 e. The summed E-state index contributed by atoms with van der Waals surface area (Å²) in [5.41, 5.74) is 8.63. The molecule has 0 aliphatic rings. The molecule has 3 N–H and O–H groups in total. The van der Waals surface area contributed by atoms with Gasteiger partial charge in [-0.25, -0.2) is 0 Å². The number of rotatable bonds is 7. The first kappa shape index (κ1) is 17.7. The van der Waals surface area contributed by atoms with Crippen molar-refractivity contribution in [1.82, 2.24) is 10.3 Å². The fourth-order valence-corrected chi connectivity index (χ4v) is 2.46. The van der Waals surface area contributed by atoms with Crippen LogP contribution in [0.4, 0.5) is 0 Å². The number of hydrogen-bond donors (Lipinski definition) is 2. The van der Waals surface area contributed by atoms with Gasteiger partial charge in [0.25, 0.3) is 0 Å². The summed E-state index contributed by atoms with van der Waals surface area (Å²) < 4.78 is 10.6. The molecule has 128 valence electrons. The number of nitrogens with zero attached hydrogens (tertiary/aromatic N) is 1. The van der Waals surface area contributed by atoms with E-state index in [0.717, 1.165) is 16.8 Å². The zero-order chi connectivity index (χ0) is 17.5. The summed E-state index contributed by atoms with van der Waals surface area (Å²) in [4.78, 5) is 16.4. The molecule has 1 atom stereocenters. The minimum atomic E-state index is -0.639. The highest BCUT2D eigenvalue weighted by Gasteiger charge is 2.16. The van der Waals surface area contributed by atoms with Gasteiger partial charge in [0.05, 0.1) is 20.3 Å². The SMILES string of the molecule is COc1ccc(CNC(=O)[C@H](N)Cc2ccccn2)c(C)c1OC. The van der Waals surface area contributed by atoms with Gasteiger partial charge in [-0.05, 0) is 36.2 Å². The molecule has 2 rings (SSSR count). The predicted molar refractivity (Wildman–Crippen MR) is 92.0 cm³/mol. The number of amides is 1. The van der Waals surface area contributed by atoms with Gasteiger partial charge in [0.1, 0.15) is 0 Å². The first-order valence-electron chi connectivity index (χ1n) is 7.70. The van der Waals surface area contributed by atoms with E-state index in [2.05, 4.69) is 10.3 Å². The summed E-state index contributed by atoms with van der Waals surface area (Å²) in [6, 6.07) is 8.64. The van der Waals surface area contributed by atoms with E-state index in [0.29, 0.717) is 24.5 Å². The predicted octanol–water partition coefficient (Wildman–Crippen LogP) is 1.59. The van der Waals surface area contributed by atoms with Gasteiger partial charge in [-0.15, -0.1) is 0 Å². The van der Waals surface area contributed by atoms with Gasteiger partial charge in [-0.3, -0.25) is 9.78 Å². The lowest BCUT2D eigenvalue weighted by molar-refractivity contribution is -0.122. The topological polar surface area (TPSA) is 86.5 Å². The number of pyridine rings is 1. The van der Waals surface area contributed by atoms with Gasteiger partial charge in [0.2, 0.25) is 5.91 Å². The maximum absolute atomic E-state index is 12.2. The third-order valence-electron chi connectivity index (χ3n) is 3.85. The third kappa shape index (κ3) is 4.23. The van der Waals surface area contributed by atoms with Gasteiger partial charge < -0.3 is 20.5 Å². The quantitative estimate of drug-likeness (QED) is 0.806. The molecule has 1 aromatic heterocycles. The molecular formula is C18H23N3O3. The van der Waals surface area contributed by atoms with Crippen LogP contribution >= 0.6 is 0 Å². The molecule has 0 aliphatic heterocycles. The molecule has 1 heterocycles. The lowest BCUT2D eigenvalue weighted by Crippen LogP contribution is -2.41. The van der Waals surface area contributed by atoms with Crippen molar-refractivity contribution in [2.24, 2.45) is 5.73 Å². The van der Waals surface area contributed by atoms with Crippen molar-refractivity contribution in [3.8, 4) is 11.5 Å².